The SMILES string of the molecule is CCC(=O)C(C)C1CCC(C(C(=O)OC)C(=O)OC)C1. The van der Waals surface area contributed by atoms with E-state index in [0.29, 0.717) is 12.8 Å². The molecule has 20 heavy (non-hydrogen) atoms. The van der Waals surface area contributed by atoms with Gasteiger partial charge in [-0.25, -0.2) is 0 Å². The summed E-state index contributed by atoms with van der Waals surface area (Å²) in [6.07, 6.45) is 2.84. The zero-order valence-corrected chi connectivity index (χ0v) is 12.7. The molecule has 5 nitrogen and oxygen atoms in total. The van der Waals surface area contributed by atoms with Gasteiger partial charge in [0.1, 0.15) is 5.78 Å². The summed E-state index contributed by atoms with van der Waals surface area (Å²) in [6.45, 7) is 3.79. The molecule has 114 valence electrons. The van der Waals surface area contributed by atoms with E-state index in [4.69, 9.17) is 9.47 Å². The van der Waals surface area contributed by atoms with E-state index in [1.54, 1.807) is 0 Å². The van der Waals surface area contributed by atoms with E-state index in [-0.39, 0.29) is 23.5 Å². The van der Waals surface area contributed by atoms with Crippen LogP contribution in [0.25, 0.3) is 0 Å². The van der Waals surface area contributed by atoms with Crippen molar-refractivity contribution in [1.29, 1.82) is 0 Å². The minimum Gasteiger partial charge on any atom is -0.468 e. The first kappa shape index (κ1) is 16.7. The molecule has 0 bridgehead atoms. The van der Waals surface area contributed by atoms with Crippen LogP contribution < -0.4 is 0 Å². The van der Waals surface area contributed by atoms with E-state index in [9.17, 15) is 14.4 Å². The standard InChI is InChI=1S/C15H24O5/c1-5-12(16)9(2)10-6-7-11(8-10)13(14(17)19-3)15(18)20-4/h9-11,13H,5-8H2,1-4H3. The van der Waals surface area contributed by atoms with Gasteiger partial charge >= 0.3 is 11.9 Å². The van der Waals surface area contributed by atoms with Crippen molar-refractivity contribution in [3.05, 3.63) is 0 Å². The maximum absolute atomic E-state index is 11.8. The minimum absolute atomic E-state index is 0.0130. The van der Waals surface area contributed by atoms with Gasteiger partial charge in [0.15, 0.2) is 5.92 Å². The van der Waals surface area contributed by atoms with Crippen LogP contribution in [0.1, 0.15) is 39.5 Å². The first-order chi connectivity index (χ1) is 9.46. The number of hydrogen-bond acceptors (Lipinski definition) is 5. The fourth-order valence-electron chi connectivity index (χ4n) is 3.13. The van der Waals surface area contributed by atoms with E-state index >= 15 is 0 Å². The van der Waals surface area contributed by atoms with Crippen molar-refractivity contribution in [2.45, 2.75) is 39.5 Å². The second-order valence-electron chi connectivity index (χ2n) is 5.47. The Labute approximate surface area is 120 Å². The second kappa shape index (κ2) is 7.41. The van der Waals surface area contributed by atoms with Gasteiger partial charge in [-0.15, -0.1) is 0 Å². The average Bonchev–Trinajstić information content (AvgIpc) is 2.94. The Hall–Kier alpha value is -1.39. The number of methoxy groups -OCH3 is 2. The summed E-state index contributed by atoms with van der Waals surface area (Å²) in [5.41, 5.74) is 0. The molecular weight excluding hydrogens is 260 g/mol. The van der Waals surface area contributed by atoms with Crippen molar-refractivity contribution in [3.8, 4) is 0 Å². The number of carbonyl (C=O) groups is 3. The smallest absolute Gasteiger partial charge is 0.320 e. The number of carbonyl (C=O) groups excluding carboxylic acids is 3. The molecule has 1 rings (SSSR count). The van der Waals surface area contributed by atoms with Gasteiger partial charge in [-0.3, -0.25) is 14.4 Å². The number of ketones is 1. The molecule has 1 aliphatic rings. The minimum atomic E-state index is -0.862. The number of rotatable bonds is 6. The molecule has 0 aromatic carbocycles. The fourth-order valence-corrected chi connectivity index (χ4v) is 3.13. The van der Waals surface area contributed by atoms with E-state index in [2.05, 4.69) is 0 Å². The first-order valence-corrected chi connectivity index (χ1v) is 7.14. The molecule has 3 atom stereocenters. The summed E-state index contributed by atoms with van der Waals surface area (Å²) < 4.78 is 9.41. The summed E-state index contributed by atoms with van der Waals surface area (Å²) in [5, 5.41) is 0. The van der Waals surface area contributed by atoms with E-state index in [0.717, 1.165) is 12.8 Å². The van der Waals surface area contributed by atoms with Crippen molar-refractivity contribution >= 4 is 17.7 Å². The molecule has 0 heterocycles. The van der Waals surface area contributed by atoms with Crippen molar-refractivity contribution in [2.75, 3.05) is 14.2 Å². The van der Waals surface area contributed by atoms with Gasteiger partial charge in [0.25, 0.3) is 0 Å². The molecule has 0 spiro atoms. The Morgan fingerprint density at radius 2 is 1.55 bits per heavy atom. The van der Waals surface area contributed by atoms with E-state index in [1.165, 1.54) is 14.2 Å². The zero-order chi connectivity index (χ0) is 15.3. The van der Waals surface area contributed by atoms with Gasteiger partial charge in [-0.05, 0) is 31.1 Å². The van der Waals surface area contributed by atoms with Crippen LogP contribution in [0.3, 0.4) is 0 Å². The predicted molar refractivity (Wildman–Crippen MR) is 72.8 cm³/mol. The van der Waals surface area contributed by atoms with Crippen LogP contribution >= 0.6 is 0 Å². The third-order valence-corrected chi connectivity index (χ3v) is 4.46. The lowest BCUT2D eigenvalue weighted by Gasteiger charge is -2.21. The summed E-state index contributed by atoms with van der Waals surface area (Å²) in [7, 11) is 2.54. The summed E-state index contributed by atoms with van der Waals surface area (Å²) in [4.78, 5) is 35.3. The third kappa shape index (κ3) is 3.58. The second-order valence-corrected chi connectivity index (χ2v) is 5.47. The van der Waals surface area contributed by atoms with Crippen LogP contribution in [0, 0.1) is 23.7 Å². The van der Waals surface area contributed by atoms with Crippen molar-refractivity contribution < 1.29 is 23.9 Å². The van der Waals surface area contributed by atoms with Crippen LogP contribution in [0.15, 0.2) is 0 Å². The molecule has 0 radical (unpaired) electrons. The number of esters is 2. The van der Waals surface area contributed by atoms with Crippen LogP contribution in [0.5, 0.6) is 0 Å². The van der Waals surface area contributed by atoms with E-state index in [1.807, 2.05) is 13.8 Å². The molecule has 0 N–H and O–H groups in total. The van der Waals surface area contributed by atoms with Crippen LogP contribution in [0.2, 0.25) is 0 Å². The third-order valence-electron chi connectivity index (χ3n) is 4.46. The highest BCUT2D eigenvalue weighted by Crippen LogP contribution is 2.40. The lowest BCUT2D eigenvalue weighted by Crippen LogP contribution is -2.32. The highest BCUT2D eigenvalue weighted by Gasteiger charge is 2.42. The number of hydrogen-bond donors (Lipinski definition) is 0. The topological polar surface area (TPSA) is 69.7 Å². The summed E-state index contributed by atoms with van der Waals surface area (Å²) >= 11 is 0. The van der Waals surface area contributed by atoms with Gasteiger partial charge in [0, 0.05) is 12.3 Å². The molecule has 5 heteroatoms. The van der Waals surface area contributed by atoms with Crippen molar-refractivity contribution in [1.82, 2.24) is 0 Å². The molecular formula is C15H24O5. The molecule has 3 unspecified atom stereocenters. The maximum Gasteiger partial charge on any atom is 0.320 e. The largest absolute Gasteiger partial charge is 0.468 e. The van der Waals surface area contributed by atoms with Gasteiger partial charge < -0.3 is 9.47 Å². The van der Waals surface area contributed by atoms with Gasteiger partial charge in [0.2, 0.25) is 0 Å². The molecule has 0 aromatic rings. The number of ether oxygens (including phenoxy) is 2. The molecule has 1 saturated carbocycles. The summed E-state index contributed by atoms with van der Waals surface area (Å²) in [6, 6.07) is 0. The molecule has 0 aromatic heterocycles. The Bertz CT molecular complexity index is 360. The highest BCUT2D eigenvalue weighted by atomic mass is 16.5. The summed E-state index contributed by atoms with van der Waals surface area (Å²) in [5.74, 6) is -1.58. The average molecular weight is 284 g/mol. The van der Waals surface area contributed by atoms with Gasteiger partial charge in [-0.1, -0.05) is 13.8 Å². The fraction of sp³-hybridized carbons (Fsp3) is 0.800. The lowest BCUT2D eigenvalue weighted by molar-refractivity contribution is -0.161. The maximum atomic E-state index is 11.8. The van der Waals surface area contributed by atoms with Crippen LogP contribution in [0.4, 0.5) is 0 Å². The van der Waals surface area contributed by atoms with Crippen molar-refractivity contribution in [3.63, 3.8) is 0 Å². The Morgan fingerprint density at radius 1 is 1.05 bits per heavy atom. The van der Waals surface area contributed by atoms with Gasteiger partial charge in [-0.2, -0.15) is 0 Å². The first-order valence-electron chi connectivity index (χ1n) is 7.14. The van der Waals surface area contributed by atoms with E-state index < -0.39 is 17.9 Å². The van der Waals surface area contributed by atoms with Crippen LogP contribution in [-0.2, 0) is 23.9 Å². The molecule has 0 aliphatic heterocycles. The van der Waals surface area contributed by atoms with Crippen LogP contribution in [-0.4, -0.2) is 31.9 Å². The zero-order valence-electron chi connectivity index (χ0n) is 12.7. The highest BCUT2D eigenvalue weighted by molar-refractivity contribution is 5.95. The molecule has 1 fully saturated rings. The Morgan fingerprint density at radius 3 is 2.00 bits per heavy atom. The van der Waals surface area contributed by atoms with Crippen molar-refractivity contribution in [2.24, 2.45) is 23.7 Å². The molecule has 1 aliphatic carbocycles. The Balaban J connectivity index is 2.75. The molecule has 0 saturated heterocycles. The predicted octanol–water partition coefficient (Wildman–Crippen LogP) is 1.98. The molecule has 0 amide bonds. The van der Waals surface area contributed by atoms with Gasteiger partial charge in [0.05, 0.1) is 14.2 Å². The Kier molecular flexibility index (Phi) is 6.17. The quantitative estimate of drug-likeness (QED) is 0.551. The normalized spacial score (nSPS) is 23.4. The lowest BCUT2D eigenvalue weighted by atomic mass is 9.84. The monoisotopic (exact) mass is 284 g/mol. The number of Topliss-reactive ketones (excluding diaryl/α,β-unsaturated/α-hetero) is 1.